The van der Waals surface area contributed by atoms with Crippen LogP contribution < -0.4 is 0 Å². The first-order chi connectivity index (χ1) is 15.3. The van der Waals surface area contributed by atoms with Gasteiger partial charge in [0.15, 0.2) is 0 Å². The standard InChI is InChI=1S/C23H20F4N2O2S/c24-18-5-1-16(2-6-18)23(17-3-7-19(25)8-4-17)28-13-22(14-28)29(32(30)31)12-15-9-20(26)11-21(27)10-15/h1-11,22-23H,12-14H2,(H,30,31). The van der Waals surface area contributed by atoms with Crippen molar-refractivity contribution in [1.29, 1.82) is 0 Å². The van der Waals surface area contributed by atoms with Gasteiger partial charge in [0.25, 0.3) is 0 Å². The highest BCUT2D eigenvalue weighted by atomic mass is 32.2. The first-order valence-electron chi connectivity index (χ1n) is 9.88. The van der Waals surface area contributed by atoms with Crippen molar-refractivity contribution in [2.75, 3.05) is 13.1 Å². The Morgan fingerprint density at radius 2 is 1.31 bits per heavy atom. The predicted octanol–water partition coefficient (Wildman–Crippen LogP) is 4.66. The quantitative estimate of drug-likeness (QED) is 0.409. The molecule has 0 spiro atoms. The Balaban J connectivity index is 1.54. The summed E-state index contributed by atoms with van der Waals surface area (Å²) < 4.78 is 76.9. The van der Waals surface area contributed by atoms with Gasteiger partial charge in [0.1, 0.15) is 23.3 Å². The smallest absolute Gasteiger partial charge is 0.235 e. The molecular weight excluding hydrogens is 444 g/mol. The Bertz CT molecular complexity index is 1040. The van der Waals surface area contributed by atoms with Crippen molar-refractivity contribution >= 4 is 11.3 Å². The van der Waals surface area contributed by atoms with Crippen LogP contribution in [-0.2, 0) is 17.8 Å². The summed E-state index contributed by atoms with van der Waals surface area (Å²) in [5.41, 5.74) is 1.83. The minimum Gasteiger partial charge on any atom is -0.294 e. The van der Waals surface area contributed by atoms with Gasteiger partial charge < -0.3 is 0 Å². The third-order valence-corrected chi connectivity index (χ3v) is 6.32. The van der Waals surface area contributed by atoms with Crippen molar-refractivity contribution in [2.24, 2.45) is 0 Å². The van der Waals surface area contributed by atoms with Gasteiger partial charge in [0, 0.05) is 25.7 Å². The van der Waals surface area contributed by atoms with E-state index in [4.69, 9.17) is 0 Å². The van der Waals surface area contributed by atoms with Crippen LogP contribution in [0.15, 0.2) is 66.7 Å². The van der Waals surface area contributed by atoms with Gasteiger partial charge in [-0.2, -0.15) is 4.31 Å². The average Bonchev–Trinajstić information content (AvgIpc) is 2.70. The lowest BCUT2D eigenvalue weighted by atomic mass is 9.93. The maximum atomic E-state index is 13.5. The van der Waals surface area contributed by atoms with Crippen molar-refractivity contribution < 1.29 is 26.3 Å². The summed E-state index contributed by atoms with van der Waals surface area (Å²) in [6, 6.07) is 14.3. The summed E-state index contributed by atoms with van der Waals surface area (Å²) in [7, 11) is 0. The Morgan fingerprint density at radius 3 is 1.75 bits per heavy atom. The molecule has 1 aliphatic heterocycles. The zero-order valence-electron chi connectivity index (χ0n) is 16.8. The zero-order valence-corrected chi connectivity index (χ0v) is 17.6. The van der Waals surface area contributed by atoms with Gasteiger partial charge in [0.05, 0.1) is 12.1 Å². The van der Waals surface area contributed by atoms with Gasteiger partial charge in [-0.25, -0.2) is 21.8 Å². The number of nitrogens with zero attached hydrogens (tertiary/aromatic N) is 2. The second-order valence-electron chi connectivity index (χ2n) is 7.70. The Kier molecular flexibility index (Phi) is 6.71. The minimum absolute atomic E-state index is 0.103. The van der Waals surface area contributed by atoms with E-state index >= 15 is 0 Å². The normalized spacial score (nSPS) is 15.8. The lowest BCUT2D eigenvalue weighted by Gasteiger charge is -2.47. The van der Waals surface area contributed by atoms with E-state index in [0.29, 0.717) is 13.1 Å². The van der Waals surface area contributed by atoms with Crippen molar-refractivity contribution in [2.45, 2.75) is 18.6 Å². The Hall–Kier alpha value is -2.59. The van der Waals surface area contributed by atoms with E-state index < -0.39 is 22.9 Å². The summed E-state index contributed by atoms with van der Waals surface area (Å²) in [4.78, 5) is 2.01. The molecule has 4 nitrogen and oxygen atoms in total. The van der Waals surface area contributed by atoms with E-state index in [9.17, 15) is 26.3 Å². The molecule has 0 aromatic heterocycles. The number of hydrogen-bond donors (Lipinski definition) is 1. The molecule has 168 valence electrons. The number of likely N-dealkylation sites (tertiary alicyclic amines) is 1. The summed E-state index contributed by atoms with van der Waals surface area (Å²) in [5, 5.41) is 0. The van der Waals surface area contributed by atoms with Crippen molar-refractivity contribution in [3.8, 4) is 0 Å². The lowest BCUT2D eigenvalue weighted by molar-refractivity contribution is 0.0497. The van der Waals surface area contributed by atoms with Crippen LogP contribution in [0.2, 0.25) is 0 Å². The molecule has 0 bridgehead atoms. The van der Waals surface area contributed by atoms with E-state index in [2.05, 4.69) is 0 Å². The Morgan fingerprint density at radius 1 is 0.844 bits per heavy atom. The number of rotatable bonds is 7. The molecule has 4 rings (SSSR count). The van der Waals surface area contributed by atoms with Gasteiger partial charge in [-0.15, -0.1) is 0 Å². The highest BCUT2D eigenvalue weighted by Gasteiger charge is 2.39. The second kappa shape index (κ2) is 9.50. The summed E-state index contributed by atoms with van der Waals surface area (Å²) >= 11 is -2.36. The number of hydrogen-bond acceptors (Lipinski definition) is 2. The van der Waals surface area contributed by atoms with Crippen molar-refractivity contribution in [3.63, 3.8) is 0 Å². The van der Waals surface area contributed by atoms with E-state index in [1.165, 1.54) is 28.6 Å². The van der Waals surface area contributed by atoms with Crippen LogP contribution in [0.4, 0.5) is 17.6 Å². The molecule has 0 radical (unpaired) electrons. The van der Waals surface area contributed by atoms with Gasteiger partial charge in [-0.05, 0) is 53.1 Å². The third-order valence-electron chi connectivity index (χ3n) is 5.50. The molecule has 32 heavy (non-hydrogen) atoms. The minimum atomic E-state index is -2.36. The first kappa shape index (κ1) is 22.6. The molecule has 0 amide bonds. The summed E-state index contributed by atoms with van der Waals surface area (Å²) in [6.07, 6.45) is 0. The van der Waals surface area contributed by atoms with E-state index in [-0.39, 0.29) is 35.8 Å². The number of benzene rings is 3. The molecular formula is C23H20F4N2O2S. The molecule has 3 aromatic carbocycles. The lowest BCUT2D eigenvalue weighted by Crippen LogP contribution is -2.60. The fraction of sp³-hybridized carbons (Fsp3) is 0.217. The molecule has 0 aliphatic carbocycles. The van der Waals surface area contributed by atoms with Gasteiger partial charge >= 0.3 is 0 Å². The molecule has 1 heterocycles. The fourth-order valence-electron chi connectivity index (χ4n) is 3.98. The molecule has 9 heteroatoms. The van der Waals surface area contributed by atoms with Gasteiger partial charge in [0.2, 0.25) is 11.3 Å². The largest absolute Gasteiger partial charge is 0.294 e. The molecule has 1 atom stereocenters. The predicted molar refractivity (Wildman–Crippen MR) is 113 cm³/mol. The first-order valence-corrected chi connectivity index (χ1v) is 10.9. The Labute approximate surface area is 185 Å². The van der Waals surface area contributed by atoms with Crippen LogP contribution in [-0.4, -0.2) is 37.1 Å². The monoisotopic (exact) mass is 464 g/mol. The molecule has 3 aromatic rings. The zero-order chi connectivity index (χ0) is 22.8. The van der Waals surface area contributed by atoms with Crippen LogP contribution in [0.5, 0.6) is 0 Å². The van der Waals surface area contributed by atoms with Crippen LogP contribution in [0.25, 0.3) is 0 Å². The molecule has 1 aliphatic rings. The van der Waals surface area contributed by atoms with Crippen molar-refractivity contribution in [1.82, 2.24) is 9.21 Å². The van der Waals surface area contributed by atoms with Crippen LogP contribution in [0, 0.1) is 23.3 Å². The fourth-order valence-corrected chi connectivity index (χ4v) is 4.63. The summed E-state index contributed by atoms with van der Waals surface area (Å²) in [6.45, 7) is 0.654. The van der Waals surface area contributed by atoms with Crippen molar-refractivity contribution in [3.05, 3.63) is 107 Å². The molecule has 1 saturated heterocycles. The van der Waals surface area contributed by atoms with Crippen LogP contribution in [0.3, 0.4) is 0 Å². The van der Waals surface area contributed by atoms with E-state index in [1.54, 1.807) is 24.3 Å². The second-order valence-corrected chi connectivity index (χ2v) is 8.63. The maximum absolute atomic E-state index is 13.5. The van der Waals surface area contributed by atoms with E-state index in [0.717, 1.165) is 29.3 Å². The maximum Gasteiger partial charge on any atom is 0.235 e. The third kappa shape index (κ3) is 5.07. The average molecular weight is 464 g/mol. The highest BCUT2D eigenvalue weighted by molar-refractivity contribution is 7.76. The van der Waals surface area contributed by atoms with E-state index in [1.807, 2.05) is 4.90 Å². The van der Waals surface area contributed by atoms with Crippen LogP contribution in [0.1, 0.15) is 22.7 Å². The topological polar surface area (TPSA) is 43.8 Å². The van der Waals surface area contributed by atoms with Gasteiger partial charge in [-0.1, -0.05) is 24.3 Å². The van der Waals surface area contributed by atoms with Gasteiger partial charge in [-0.3, -0.25) is 9.45 Å². The van der Waals surface area contributed by atoms with Crippen LogP contribution >= 0.6 is 0 Å². The summed E-state index contributed by atoms with van der Waals surface area (Å²) in [5.74, 6) is -2.27. The highest BCUT2D eigenvalue weighted by Crippen LogP contribution is 2.34. The molecule has 0 saturated carbocycles. The molecule has 1 unspecified atom stereocenters. The SMILES string of the molecule is O=S(O)N(Cc1cc(F)cc(F)c1)C1CN(C(c2ccc(F)cc2)c2ccc(F)cc2)C1. The number of halogens is 4. The molecule has 1 N–H and O–H groups in total. The molecule has 1 fully saturated rings.